The van der Waals surface area contributed by atoms with E-state index in [1.54, 1.807) is 0 Å². The Hall–Kier alpha value is -0.660. The van der Waals surface area contributed by atoms with Crippen LogP contribution < -0.4 is 0 Å². The molecule has 1 amide bonds. The molecule has 8 heteroatoms. The molecule has 118 valence electrons. The first kappa shape index (κ1) is 18.4. The molecular weight excluding hydrogens is 385 g/mol. The standard InChI is InChI=1S/C13H16BrClFNO3S/c1-4-5-17(8(2)3)13(18)9-6-12(21(15,19)20)10(14)7-11(9)16/h6-8H,4-5H2,1-3H3. The van der Waals surface area contributed by atoms with Gasteiger partial charge in [-0.25, -0.2) is 12.8 Å². The second-order valence-electron chi connectivity index (χ2n) is 4.79. The average Bonchev–Trinajstić information content (AvgIpc) is 2.33. The van der Waals surface area contributed by atoms with Crippen LogP contribution in [0.15, 0.2) is 21.5 Å². The average molecular weight is 401 g/mol. The van der Waals surface area contributed by atoms with Crippen LogP contribution in [0.4, 0.5) is 4.39 Å². The largest absolute Gasteiger partial charge is 0.336 e. The number of carbonyl (C=O) groups excluding carboxylic acids is 1. The van der Waals surface area contributed by atoms with E-state index in [1.807, 2.05) is 20.8 Å². The Morgan fingerprint density at radius 2 is 2.00 bits per heavy atom. The summed E-state index contributed by atoms with van der Waals surface area (Å²) in [7, 11) is 1.21. The van der Waals surface area contributed by atoms with Crippen LogP contribution in [0, 0.1) is 5.82 Å². The van der Waals surface area contributed by atoms with E-state index in [-0.39, 0.29) is 21.0 Å². The second kappa shape index (κ2) is 7.07. The van der Waals surface area contributed by atoms with Crippen molar-refractivity contribution in [1.82, 2.24) is 4.90 Å². The van der Waals surface area contributed by atoms with E-state index in [1.165, 1.54) is 4.90 Å². The molecule has 1 aromatic rings. The van der Waals surface area contributed by atoms with Crippen LogP contribution in [0.25, 0.3) is 0 Å². The molecular formula is C13H16BrClFNO3S. The van der Waals surface area contributed by atoms with E-state index in [4.69, 9.17) is 10.7 Å². The van der Waals surface area contributed by atoms with Gasteiger partial charge in [-0.15, -0.1) is 0 Å². The SMILES string of the molecule is CCCN(C(=O)c1cc(S(=O)(=O)Cl)c(Br)cc1F)C(C)C. The van der Waals surface area contributed by atoms with Crippen LogP contribution in [0.2, 0.25) is 0 Å². The maximum Gasteiger partial charge on any atom is 0.262 e. The summed E-state index contributed by atoms with van der Waals surface area (Å²) in [5.74, 6) is -1.35. The molecule has 0 aliphatic rings. The number of rotatable bonds is 5. The summed E-state index contributed by atoms with van der Waals surface area (Å²) in [6, 6.07) is 1.78. The van der Waals surface area contributed by atoms with Crippen LogP contribution >= 0.6 is 26.6 Å². The molecule has 0 bridgehead atoms. The highest BCUT2D eigenvalue weighted by molar-refractivity contribution is 9.10. The molecule has 21 heavy (non-hydrogen) atoms. The van der Waals surface area contributed by atoms with Gasteiger partial charge in [0.1, 0.15) is 5.82 Å². The smallest absolute Gasteiger partial charge is 0.262 e. The summed E-state index contributed by atoms with van der Waals surface area (Å²) in [6.45, 7) is 5.97. The first-order chi connectivity index (χ1) is 9.59. The summed E-state index contributed by atoms with van der Waals surface area (Å²) in [5.41, 5.74) is -0.306. The maximum atomic E-state index is 14.0. The van der Waals surface area contributed by atoms with Crippen LogP contribution in [0.5, 0.6) is 0 Å². The van der Waals surface area contributed by atoms with E-state index in [0.29, 0.717) is 13.0 Å². The minimum Gasteiger partial charge on any atom is -0.336 e. The number of amides is 1. The Balaban J connectivity index is 3.39. The van der Waals surface area contributed by atoms with Crippen LogP contribution in [0.1, 0.15) is 37.6 Å². The lowest BCUT2D eigenvalue weighted by atomic mass is 10.1. The Morgan fingerprint density at radius 1 is 1.43 bits per heavy atom. The molecule has 1 rings (SSSR count). The minimum atomic E-state index is -4.08. The summed E-state index contributed by atoms with van der Waals surface area (Å²) in [4.78, 5) is 13.6. The normalized spacial score (nSPS) is 11.8. The molecule has 0 saturated heterocycles. The molecule has 0 aliphatic heterocycles. The lowest BCUT2D eigenvalue weighted by Gasteiger charge is -2.26. The van der Waals surface area contributed by atoms with Crippen molar-refractivity contribution in [2.24, 2.45) is 0 Å². The van der Waals surface area contributed by atoms with Gasteiger partial charge in [0.05, 0.1) is 10.5 Å². The van der Waals surface area contributed by atoms with Crippen molar-refractivity contribution in [3.8, 4) is 0 Å². The predicted molar refractivity (Wildman–Crippen MR) is 83.6 cm³/mol. The van der Waals surface area contributed by atoms with Gasteiger partial charge in [-0.1, -0.05) is 6.92 Å². The molecule has 1 aromatic carbocycles. The highest BCUT2D eigenvalue weighted by Gasteiger charge is 2.25. The molecule has 0 unspecified atom stereocenters. The predicted octanol–water partition coefficient (Wildman–Crippen LogP) is 3.78. The summed E-state index contributed by atoms with van der Waals surface area (Å²) in [5, 5.41) is 0. The molecule has 0 fully saturated rings. The Bertz CT molecular complexity index is 649. The Labute approximate surface area is 136 Å². The van der Waals surface area contributed by atoms with Gasteiger partial charge in [-0.2, -0.15) is 0 Å². The fourth-order valence-corrected chi connectivity index (χ4v) is 4.04. The Kier molecular flexibility index (Phi) is 6.19. The van der Waals surface area contributed by atoms with Gasteiger partial charge in [-0.05, 0) is 48.3 Å². The number of halogens is 3. The molecule has 0 saturated carbocycles. The Morgan fingerprint density at radius 3 is 2.43 bits per heavy atom. The zero-order valence-electron chi connectivity index (χ0n) is 11.9. The van der Waals surface area contributed by atoms with Crippen molar-refractivity contribution in [2.45, 2.75) is 38.1 Å². The fourth-order valence-electron chi connectivity index (χ4n) is 1.87. The van der Waals surface area contributed by atoms with E-state index in [9.17, 15) is 17.6 Å². The van der Waals surface area contributed by atoms with Gasteiger partial charge in [0, 0.05) is 27.7 Å². The zero-order valence-corrected chi connectivity index (χ0v) is 15.0. The molecule has 0 radical (unpaired) electrons. The van der Waals surface area contributed by atoms with Gasteiger partial charge in [0.15, 0.2) is 0 Å². The van der Waals surface area contributed by atoms with Crippen molar-refractivity contribution in [1.29, 1.82) is 0 Å². The minimum absolute atomic E-state index is 0.0156. The van der Waals surface area contributed by atoms with Crippen molar-refractivity contribution in [2.75, 3.05) is 6.54 Å². The summed E-state index contributed by atoms with van der Waals surface area (Å²) < 4.78 is 36.9. The van der Waals surface area contributed by atoms with Crippen LogP contribution in [0.3, 0.4) is 0 Å². The fraction of sp³-hybridized carbons (Fsp3) is 0.462. The lowest BCUT2D eigenvalue weighted by Crippen LogP contribution is -2.38. The molecule has 0 aromatic heterocycles. The van der Waals surface area contributed by atoms with E-state index >= 15 is 0 Å². The van der Waals surface area contributed by atoms with Gasteiger partial charge in [0.2, 0.25) is 0 Å². The molecule has 0 aliphatic carbocycles. The maximum absolute atomic E-state index is 14.0. The van der Waals surface area contributed by atoms with E-state index < -0.39 is 20.8 Å². The number of carbonyl (C=O) groups is 1. The van der Waals surface area contributed by atoms with E-state index in [0.717, 1.165) is 12.1 Å². The molecule has 0 heterocycles. The van der Waals surface area contributed by atoms with Gasteiger partial charge >= 0.3 is 0 Å². The number of benzene rings is 1. The van der Waals surface area contributed by atoms with Crippen molar-refractivity contribution < 1.29 is 17.6 Å². The monoisotopic (exact) mass is 399 g/mol. The second-order valence-corrected chi connectivity index (χ2v) is 8.18. The quantitative estimate of drug-likeness (QED) is 0.707. The number of hydrogen-bond acceptors (Lipinski definition) is 3. The third kappa shape index (κ3) is 4.40. The number of nitrogens with zero attached hydrogens (tertiary/aromatic N) is 1. The molecule has 0 spiro atoms. The van der Waals surface area contributed by atoms with Crippen molar-refractivity contribution >= 4 is 41.6 Å². The summed E-state index contributed by atoms with van der Waals surface area (Å²) in [6.07, 6.45) is 0.711. The van der Waals surface area contributed by atoms with Gasteiger partial charge in [-0.3, -0.25) is 4.79 Å². The highest BCUT2D eigenvalue weighted by Crippen LogP contribution is 2.29. The number of hydrogen-bond donors (Lipinski definition) is 0. The third-order valence-electron chi connectivity index (χ3n) is 2.86. The highest BCUT2D eigenvalue weighted by atomic mass is 79.9. The molecule has 4 nitrogen and oxygen atoms in total. The lowest BCUT2D eigenvalue weighted by molar-refractivity contribution is 0.0701. The van der Waals surface area contributed by atoms with Crippen LogP contribution in [-0.4, -0.2) is 31.8 Å². The first-order valence-corrected chi connectivity index (χ1v) is 9.44. The summed E-state index contributed by atoms with van der Waals surface area (Å²) >= 11 is 2.93. The van der Waals surface area contributed by atoms with Gasteiger partial charge < -0.3 is 4.90 Å². The van der Waals surface area contributed by atoms with Crippen molar-refractivity contribution in [3.63, 3.8) is 0 Å². The van der Waals surface area contributed by atoms with E-state index in [2.05, 4.69) is 15.9 Å². The molecule has 0 N–H and O–H groups in total. The van der Waals surface area contributed by atoms with Crippen LogP contribution in [-0.2, 0) is 9.05 Å². The third-order valence-corrected chi connectivity index (χ3v) is 5.14. The zero-order chi connectivity index (χ0) is 16.4. The van der Waals surface area contributed by atoms with Crippen molar-refractivity contribution in [3.05, 3.63) is 28.0 Å². The molecule has 0 atom stereocenters. The van der Waals surface area contributed by atoms with Gasteiger partial charge in [0.25, 0.3) is 15.0 Å². The topological polar surface area (TPSA) is 54.5 Å². The first-order valence-electron chi connectivity index (χ1n) is 6.34.